The predicted molar refractivity (Wildman–Crippen MR) is 70.0 cm³/mol. The molecule has 1 fully saturated rings. The van der Waals surface area contributed by atoms with Crippen molar-refractivity contribution in [1.29, 1.82) is 0 Å². The van der Waals surface area contributed by atoms with Crippen molar-refractivity contribution in [3.8, 4) is 0 Å². The van der Waals surface area contributed by atoms with Crippen LogP contribution in [0.4, 0.5) is 11.8 Å². The van der Waals surface area contributed by atoms with Crippen LogP contribution in [0.1, 0.15) is 20.3 Å². The molecule has 1 saturated heterocycles. The molecular weight excluding hydrogens is 214 g/mol. The van der Waals surface area contributed by atoms with E-state index in [0.717, 1.165) is 32.1 Å². The summed E-state index contributed by atoms with van der Waals surface area (Å²) in [5.74, 6) is 1.31. The lowest BCUT2D eigenvalue weighted by atomic mass is 10.2. The van der Waals surface area contributed by atoms with E-state index in [2.05, 4.69) is 33.6 Å². The molecule has 0 spiro atoms. The van der Waals surface area contributed by atoms with Crippen molar-refractivity contribution in [2.45, 2.75) is 26.3 Å². The lowest BCUT2D eigenvalue weighted by molar-refractivity contribution is 0.232. The third-order valence-corrected chi connectivity index (χ3v) is 3.44. The molecule has 5 nitrogen and oxygen atoms in total. The second-order valence-electron chi connectivity index (χ2n) is 4.39. The number of rotatable bonds is 4. The highest BCUT2D eigenvalue weighted by Gasteiger charge is 2.27. The summed E-state index contributed by atoms with van der Waals surface area (Å²) in [5.41, 5.74) is 5.68. The number of likely N-dealkylation sites (N-methyl/N-ethyl adjacent to an activating group) is 1. The molecular formula is C12H21N5. The minimum absolute atomic E-state index is 0.543. The summed E-state index contributed by atoms with van der Waals surface area (Å²) in [6.45, 7) is 8.65. The van der Waals surface area contributed by atoms with E-state index < -0.39 is 0 Å². The lowest BCUT2D eigenvalue weighted by Gasteiger charge is -2.26. The van der Waals surface area contributed by atoms with Gasteiger partial charge in [0.1, 0.15) is 5.82 Å². The fourth-order valence-corrected chi connectivity index (χ4v) is 2.48. The van der Waals surface area contributed by atoms with Crippen molar-refractivity contribution < 1.29 is 0 Å². The standard InChI is InChI=1S/C12H21N5/c1-3-16(4-2)10-6-8-17(9-10)12-14-7-5-11(13)15-12/h5,7,10H,3-4,6,8-9H2,1-2H3,(H2,13,14,15). The summed E-state index contributed by atoms with van der Waals surface area (Å²) in [6, 6.07) is 2.34. The fraction of sp³-hybridized carbons (Fsp3) is 0.667. The Balaban J connectivity index is 2.02. The van der Waals surface area contributed by atoms with Crippen LogP contribution in [0.25, 0.3) is 0 Å². The molecule has 1 aliphatic rings. The summed E-state index contributed by atoms with van der Waals surface area (Å²) in [5, 5.41) is 0. The van der Waals surface area contributed by atoms with Crippen LogP contribution in [0.15, 0.2) is 12.3 Å². The van der Waals surface area contributed by atoms with Gasteiger partial charge in [-0.1, -0.05) is 13.8 Å². The van der Waals surface area contributed by atoms with Crippen molar-refractivity contribution in [3.05, 3.63) is 12.3 Å². The number of nitrogens with two attached hydrogens (primary N) is 1. The van der Waals surface area contributed by atoms with Gasteiger partial charge in [0, 0.05) is 25.3 Å². The van der Waals surface area contributed by atoms with Gasteiger partial charge >= 0.3 is 0 Å². The van der Waals surface area contributed by atoms with Crippen LogP contribution in [-0.4, -0.2) is 47.1 Å². The molecule has 1 atom stereocenters. The van der Waals surface area contributed by atoms with Crippen molar-refractivity contribution in [1.82, 2.24) is 14.9 Å². The van der Waals surface area contributed by atoms with Crippen LogP contribution in [-0.2, 0) is 0 Å². The van der Waals surface area contributed by atoms with Crippen LogP contribution < -0.4 is 10.6 Å². The molecule has 0 aliphatic carbocycles. The van der Waals surface area contributed by atoms with E-state index in [1.54, 1.807) is 12.3 Å². The molecule has 2 rings (SSSR count). The highest BCUT2D eigenvalue weighted by atomic mass is 15.3. The predicted octanol–water partition coefficient (Wildman–Crippen LogP) is 0.979. The van der Waals surface area contributed by atoms with Crippen LogP contribution >= 0.6 is 0 Å². The van der Waals surface area contributed by atoms with Gasteiger partial charge < -0.3 is 10.6 Å². The first-order chi connectivity index (χ1) is 8.24. The molecule has 1 aromatic heterocycles. The van der Waals surface area contributed by atoms with Gasteiger partial charge in [0.15, 0.2) is 0 Å². The van der Waals surface area contributed by atoms with Crippen molar-refractivity contribution >= 4 is 11.8 Å². The Hall–Kier alpha value is -1.36. The summed E-state index contributed by atoms with van der Waals surface area (Å²) in [6.07, 6.45) is 2.91. The van der Waals surface area contributed by atoms with E-state index in [4.69, 9.17) is 5.73 Å². The Morgan fingerprint density at radius 1 is 1.47 bits per heavy atom. The zero-order valence-corrected chi connectivity index (χ0v) is 10.6. The van der Waals surface area contributed by atoms with Gasteiger partial charge in [-0.2, -0.15) is 4.98 Å². The minimum Gasteiger partial charge on any atom is -0.384 e. The van der Waals surface area contributed by atoms with Gasteiger partial charge in [0.05, 0.1) is 0 Å². The third kappa shape index (κ3) is 2.66. The smallest absolute Gasteiger partial charge is 0.227 e. The van der Waals surface area contributed by atoms with E-state index in [9.17, 15) is 0 Å². The van der Waals surface area contributed by atoms with Gasteiger partial charge in [0.2, 0.25) is 5.95 Å². The largest absolute Gasteiger partial charge is 0.384 e. The maximum atomic E-state index is 5.68. The Kier molecular flexibility index (Phi) is 3.78. The van der Waals surface area contributed by atoms with E-state index in [0.29, 0.717) is 11.9 Å². The fourth-order valence-electron chi connectivity index (χ4n) is 2.48. The molecule has 0 amide bonds. The van der Waals surface area contributed by atoms with Crippen molar-refractivity contribution in [2.75, 3.05) is 36.8 Å². The molecule has 17 heavy (non-hydrogen) atoms. The first-order valence-electron chi connectivity index (χ1n) is 6.32. The summed E-state index contributed by atoms with van der Waals surface area (Å²) >= 11 is 0. The van der Waals surface area contributed by atoms with Gasteiger partial charge in [0.25, 0.3) is 0 Å². The SMILES string of the molecule is CCN(CC)C1CCN(c2nccc(N)n2)C1. The molecule has 5 heteroatoms. The number of hydrogen-bond acceptors (Lipinski definition) is 5. The van der Waals surface area contributed by atoms with Gasteiger partial charge in [-0.05, 0) is 25.6 Å². The van der Waals surface area contributed by atoms with Gasteiger partial charge in [-0.25, -0.2) is 4.98 Å². The number of nitrogens with zero attached hydrogens (tertiary/aromatic N) is 4. The molecule has 1 unspecified atom stereocenters. The maximum Gasteiger partial charge on any atom is 0.227 e. The Morgan fingerprint density at radius 2 is 2.24 bits per heavy atom. The Bertz CT molecular complexity index is 364. The minimum atomic E-state index is 0.543. The number of aromatic nitrogens is 2. The molecule has 0 aromatic carbocycles. The van der Waals surface area contributed by atoms with Crippen LogP contribution in [0.5, 0.6) is 0 Å². The second kappa shape index (κ2) is 5.31. The molecule has 2 heterocycles. The molecule has 0 radical (unpaired) electrons. The van der Waals surface area contributed by atoms with E-state index in [1.165, 1.54) is 6.42 Å². The monoisotopic (exact) mass is 235 g/mol. The van der Waals surface area contributed by atoms with Crippen LogP contribution in [0.3, 0.4) is 0 Å². The average molecular weight is 235 g/mol. The molecule has 1 aromatic rings. The van der Waals surface area contributed by atoms with Gasteiger partial charge in [-0.3, -0.25) is 4.90 Å². The zero-order chi connectivity index (χ0) is 12.3. The van der Waals surface area contributed by atoms with E-state index in [-0.39, 0.29) is 0 Å². The molecule has 0 bridgehead atoms. The average Bonchev–Trinajstić information content (AvgIpc) is 2.80. The zero-order valence-electron chi connectivity index (χ0n) is 10.6. The van der Waals surface area contributed by atoms with Gasteiger partial charge in [-0.15, -0.1) is 0 Å². The Labute approximate surface area is 103 Å². The summed E-state index contributed by atoms with van der Waals surface area (Å²) < 4.78 is 0. The molecule has 0 saturated carbocycles. The van der Waals surface area contributed by atoms with Crippen molar-refractivity contribution in [2.24, 2.45) is 0 Å². The lowest BCUT2D eigenvalue weighted by Crippen LogP contribution is -2.37. The normalized spacial score (nSPS) is 20.2. The highest BCUT2D eigenvalue weighted by molar-refractivity contribution is 5.38. The summed E-state index contributed by atoms with van der Waals surface area (Å²) in [4.78, 5) is 13.3. The number of hydrogen-bond donors (Lipinski definition) is 1. The summed E-state index contributed by atoms with van der Waals surface area (Å²) in [7, 11) is 0. The van der Waals surface area contributed by atoms with Crippen LogP contribution in [0, 0.1) is 0 Å². The van der Waals surface area contributed by atoms with E-state index >= 15 is 0 Å². The highest BCUT2D eigenvalue weighted by Crippen LogP contribution is 2.20. The first-order valence-corrected chi connectivity index (χ1v) is 6.32. The quantitative estimate of drug-likeness (QED) is 0.843. The van der Waals surface area contributed by atoms with E-state index in [1.807, 2.05) is 0 Å². The topological polar surface area (TPSA) is 58.3 Å². The number of nitrogen functional groups attached to an aromatic ring is 1. The van der Waals surface area contributed by atoms with Crippen LogP contribution in [0.2, 0.25) is 0 Å². The third-order valence-electron chi connectivity index (χ3n) is 3.44. The Morgan fingerprint density at radius 3 is 2.88 bits per heavy atom. The molecule has 2 N–H and O–H groups in total. The maximum absolute atomic E-state index is 5.68. The molecule has 94 valence electrons. The number of anilines is 2. The first kappa shape index (κ1) is 12.1. The second-order valence-corrected chi connectivity index (χ2v) is 4.39. The van der Waals surface area contributed by atoms with Crippen molar-refractivity contribution in [3.63, 3.8) is 0 Å². The molecule has 1 aliphatic heterocycles.